The highest BCUT2D eigenvalue weighted by Crippen LogP contribution is 2.30. The summed E-state index contributed by atoms with van der Waals surface area (Å²) in [5, 5.41) is 18.6. The van der Waals surface area contributed by atoms with Crippen molar-refractivity contribution in [3.8, 4) is 28.7 Å². The maximum absolute atomic E-state index is 10.1. The van der Waals surface area contributed by atoms with Gasteiger partial charge in [0.15, 0.2) is 0 Å². The van der Waals surface area contributed by atoms with Crippen LogP contribution in [0, 0.1) is 6.92 Å². The van der Waals surface area contributed by atoms with Crippen molar-refractivity contribution < 1.29 is 23.7 Å². The molecule has 0 saturated carbocycles. The zero-order chi connectivity index (χ0) is 19.9. The van der Waals surface area contributed by atoms with Crippen LogP contribution in [-0.4, -0.2) is 48.0 Å². The largest absolute Gasteiger partial charge is 0.497 e. The van der Waals surface area contributed by atoms with E-state index in [1.807, 2.05) is 31.2 Å². The van der Waals surface area contributed by atoms with Gasteiger partial charge in [0, 0.05) is 17.4 Å². The summed E-state index contributed by atoms with van der Waals surface area (Å²) in [6, 6.07) is 13.0. The van der Waals surface area contributed by atoms with Gasteiger partial charge in [0.25, 0.3) is 5.22 Å². The van der Waals surface area contributed by atoms with Gasteiger partial charge in [0.2, 0.25) is 5.89 Å². The number of hydrogen-bond donors (Lipinski definition) is 1. The van der Waals surface area contributed by atoms with Crippen LogP contribution in [0.25, 0.3) is 11.5 Å². The van der Waals surface area contributed by atoms with Crippen LogP contribution in [-0.2, 0) is 0 Å². The molecule has 3 aromatic rings. The Kier molecular flexibility index (Phi) is 6.78. The van der Waals surface area contributed by atoms with E-state index < -0.39 is 6.10 Å². The predicted octanol–water partition coefficient (Wildman–Crippen LogP) is 3.59. The van der Waals surface area contributed by atoms with Crippen LogP contribution in [0.15, 0.2) is 52.1 Å². The van der Waals surface area contributed by atoms with Crippen molar-refractivity contribution in [2.24, 2.45) is 0 Å². The molecule has 1 heterocycles. The van der Waals surface area contributed by atoms with E-state index in [0.29, 0.717) is 33.9 Å². The van der Waals surface area contributed by atoms with Crippen molar-refractivity contribution in [3.05, 3.63) is 48.0 Å². The average molecular weight is 402 g/mol. The lowest BCUT2D eigenvalue weighted by Gasteiger charge is -2.11. The number of benzene rings is 2. The lowest BCUT2D eigenvalue weighted by molar-refractivity contribution is 0.126. The smallest absolute Gasteiger partial charge is 0.276 e. The molecule has 2 aromatic carbocycles. The molecular formula is C20H22N2O5S. The van der Waals surface area contributed by atoms with Gasteiger partial charge in [-0.05, 0) is 36.8 Å². The molecule has 1 N–H and O–H groups in total. The number of hydrogen-bond acceptors (Lipinski definition) is 8. The third-order valence-electron chi connectivity index (χ3n) is 3.84. The quantitative estimate of drug-likeness (QED) is 0.544. The van der Waals surface area contributed by atoms with Crippen LogP contribution in [0.1, 0.15) is 5.56 Å². The molecule has 8 heteroatoms. The fourth-order valence-corrected chi connectivity index (χ4v) is 3.10. The second-order valence-electron chi connectivity index (χ2n) is 6.07. The SMILES string of the molecule is COc1cc(OC)cc(-c2nnc(SC[C@@H](O)COc3cccc(C)c3)o2)c1. The van der Waals surface area contributed by atoms with Crippen molar-refractivity contribution in [2.45, 2.75) is 18.3 Å². The fourth-order valence-electron chi connectivity index (χ4n) is 2.43. The number of aromatic nitrogens is 2. The number of methoxy groups -OCH3 is 2. The van der Waals surface area contributed by atoms with E-state index >= 15 is 0 Å². The molecule has 7 nitrogen and oxygen atoms in total. The van der Waals surface area contributed by atoms with Gasteiger partial charge in [-0.3, -0.25) is 0 Å². The summed E-state index contributed by atoms with van der Waals surface area (Å²) in [6.07, 6.45) is -0.669. The highest BCUT2D eigenvalue weighted by atomic mass is 32.2. The van der Waals surface area contributed by atoms with E-state index in [0.717, 1.165) is 11.3 Å². The van der Waals surface area contributed by atoms with E-state index in [4.69, 9.17) is 18.6 Å². The molecule has 0 radical (unpaired) electrons. The van der Waals surface area contributed by atoms with Gasteiger partial charge in [-0.25, -0.2) is 0 Å². The number of aliphatic hydroxyl groups excluding tert-OH is 1. The first-order chi connectivity index (χ1) is 13.6. The first-order valence-electron chi connectivity index (χ1n) is 8.64. The van der Waals surface area contributed by atoms with Crippen LogP contribution >= 0.6 is 11.8 Å². The lowest BCUT2D eigenvalue weighted by atomic mass is 10.2. The Balaban J connectivity index is 1.56. The predicted molar refractivity (Wildman–Crippen MR) is 106 cm³/mol. The molecule has 0 unspecified atom stereocenters. The second kappa shape index (κ2) is 9.48. The van der Waals surface area contributed by atoms with Crippen molar-refractivity contribution >= 4 is 11.8 Å². The standard InChI is InChI=1S/C20H22N2O5S/c1-13-5-4-6-16(7-13)26-11-15(23)12-28-20-22-21-19(27-20)14-8-17(24-2)10-18(9-14)25-3/h4-10,15,23H,11-12H2,1-3H3/t15-/m0/s1. The van der Waals surface area contributed by atoms with Gasteiger partial charge in [-0.1, -0.05) is 23.9 Å². The molecule has 0 spiro atoms. The maximum Gasteiger partial charge on any atom is 0.276 e. The molecule has 148 valence electrons. The Morgan fingerprint density at radius 2 is 1.79 bits per heavy atom. The molecule has 3 rings (SSSR count). The number of aliphatic hydroxyl groups is 1. The minimum Gasteiger partial charge on any atom is -0.497 e. The molecule has 0 amide bonds. The number of aryl methyl sites for hydroxylation is 1. The Labute approximate surface area is 167 Å². The molecule has 0 fully saturated rings. The van der Waals surface area contributed by atoms with Gasteiger partial charge in [-0.2, -0.15) is 0 Å². The summed E-state index contributed by atoms with van der Waals surface area (Å²) in [6.45, 7) is 2.18. The summed E-state index contributed by atoms with van der Waals surface area (Å²) >= 11 is 1.27. The van der Waals surface area contributed by atoms with Crippen molar-refractivity contribution in [2.75, 3.05) is 26.6 Å². The minimum atomic E-state index is -0.669. The topological polar surface area (TPSA) is 86.8 Å². The number of rotatable bonds is 9. The molecule has 0 aliphatic carbocycles. The summed E-state index contributed by atoms with van der Waals surface area (Å²) in [5.74, 6) is 2.71. The molecule has 28 heavy (non-hydrogen) atoms. The highest BCUT2D eigenvalue weighted by molar-refractivity contribution is 7.99. The van der Waals surface area contributed by atoms with E-state index in [9.17, 15) is 5.11 Å². The molecule has 0 aliphatic rings. The van der Waals surface area contributed by atoms with Crippen LogP contribution in [0.3, 0.4) is 0 Å². The molecular weight excluding hydrogens is 380 g/mol. The third-order valence-corrected chi connectivity index (χ3v) is 4.80. The molecule has 0 bridgehead atoms. The van der Waals surface area contributed by atoms with Crippen molar-refractivity contribution in [1.82, 2.24) is 10.2 Å². The monoisotopic (exact) mass is 402 g/mol. The van der Waals surface area contributed by atoms with Crippen molar-refractivity contribution in [1.29, 1.82) is 0 Å². The summed E-state index contributed by atoms with van der Waals surface area (Å²) in [7, 11) is 3.15. The van der Waals surface area contributed by atoms with Gasteiger partial charge in [0.05, 0.1) is 20.3 Å². The number of nitrogens with zero attached hydrogens (tertiary/aromatic N) is 2. The third kappa shape index (κ3) is 5.40. The van der Waals surface area contributed by atoms with Crippen LogP contribution in [0.2, 0.25) is 0 Å². The lowest BCUT2D eigenvalue weighted by Crippen LogP contribution is -2.20. The number of ether oxygens (including phenoxy) is 3. The normalized spacial score (nSPS) is 11.9. The highest BCUT2D eigenvalue weighted by Gasteiger charge is 2.14. The van der Waals surface area contributed by atoms with Crippen LogP contribution < -0.4 is 14.2 Å². The molecule has 0 saturated heterocycles. The Morgan fingerprint density at radius 1 is 1.04 bits per heavy atom. The minimum absolute atomic E-state index is 0.185. The Hall–Kier alpha value is -2.71. The van der Waals surface area contributed by atoms with E-state index in [-0.39, 0.29) is 6.61 Å². The Morgan fingerprint density at radius 3 is 2.46 bits per heavy atom. The summed E-state index contributed by atoms with van der Waals surface area (Å²) in [5.41, 5.74) is 1.80. The first-order valence-corrected chi connectivity index (χ1v) is 9.63. The molecule has 1 aromatic heterocycles. The Bertz CT molecular complexity index is 893. The fraction of sp³-hybridized carbons (Fsp3) is 0.300. The van der Waals surface area contributed by atoms with E-state index in [1.54, 1.807) is 32.4 Å². The zero-order valence-electron chi connectivity index (χ0n) is 15.9. The maximum atomic E-state index is 10.1. The zero-order valence-corrected chi connectivity index (χ0v) is 16.7. The average Bonchev–Trinajstić information content (AvgIpc) is 3.19. The van der Waals surface area contributed by atoms with Gasteiger partial charge in [-0.15, -0.1) is 10.2 Å². The summed E-state index contributed by atoms with van der Waals surface area (Å²) < 4.78 is 21.8. The van der Waals surface area contributed by atoms with Gasteiger partial charge >= 0.3 is 0 Å². The molecule has 1 atom stereocenters. The first kappa shape index (κ1) is 20.0. The molecule has 0 aliphatic heterocycles. The van der Waals surface area contributed by atoms with Crippen LogP contribution in [0.5, 0.6) is 17.2 Å². The summed E-state index contributed by atoms with van der Waals surface area (Å²) in [4.78, 5) is 0. The number of thioether (sulfide) groups is 1. The van der Waals surface area contributed by atoms with Gasteiger partial charge in [0.1, 0.15) is 23.9 Å². The van der Waals surface area contributed by atoms with Crippen LogP contribution in [0.4, 0.5) is 0 Å². The van der Waals surface area contributed by atoms with E-state index in [1.165, 1.54) is 11.8 Å². The second-order valence-corrected chi connectivity index (χ2v) is 7.04. The van der Waals surface area contributed by atoms with Crippen molar-refractivity contribution in [3.63, 3.8) is 0 Å². The van der Waals surface area contributed by atoms with Gasteiger partial charge < -0.3 is 23.7 Å². The van der Waals surface area contributed by atoms with E-state index in [2.05, 4.69) is 10.2 Å².